The van der Waals surface area contributed by atoms with Crippen molar-refractivity contribution in [1.29, 1.82) is 0 Å². The number of rotatable bonds is 5. The van der Waals surface area contributed by atoms with E-state index in [2.05, 4.69) is 21.2 Å². The van der Waals surface area contributed by atoms with Crippen molar-refractivity contribution in [3.05, 3.63) is 34.3 Å². The molecule has 1 unspecified atom stereocenters. The summed E-state index contributed by atoms with van der Waals surface area (Å²) < 4.78 is 6.53. The van der Waals surface area contributed by atoms with Gasteiger partial charge in [-0.2, -0.15) is 0 Å². The second-order valence-electron chi connectivity index (χ2n) is 4.54. The molecular formula is C14H18BrNO2. The minimum absolute atomic E-state index is 0.0984. The molecule has 1 atom stereocenters. The van der Waals surface area contributed by atoms with Crippen LogP contribution in [0.3, 0.4) is 0 Å². The van der Waals surface area contributed by atoms with Crippen LogP contribution in [0.5, 0.6) is 0 Å². The molecule has 4 heteroatoms. The molecule has 0 radical (unpaired) electrons. The molecule has 1 fully saturated rings. The fourth-order valence-corrected chi connectivity index (χ4v) is 2.51. The number of carbonyl (C=O) groups is 1. The van der Waals surface area contributed by atoms with Crippen LogP contribution in [-0.2, 0) is 16.1 Å². The van der Waals surface area contributed by atoms with Crippen molar-refractivity contribution >= 4 is 21.8 Å². The zero-order valence-corrected chi connectivity index (χ0v) is 11.9. The standard InChI is InChI=1S/C14H18BrNO2/c15-13-6-2-1-4-11(13)10-16-14(17)8-7-12-5-3-9-18-12/h1-2,4,6,12H,3,5,7-10H2,(H,16,17). The third-order valence-corrected chi connectivity index (χ3v) is 3.92. The summed E-state index contributed by atoms with van der Waals surface area (Å²) in [4.78, 5) is 11.7. The molecule has 1 N–H and O–H groups in total. The minimum atomic E-state index is 0.0984. The van der Waals surface area contributed by atoms with Crippen LogP contribution < -0.4 is 5.32 Å². The van der Waals surface area contributed by atoms with Crippen LogP contribution in [-0.4, -0.2) is 18.6 Å². The lowest BCUT2D eigenvalue weighted by Gasteiger charge is -2.10. The van der Waals surface area contributed by atoms with Gasteiger partial charge in [0, 0.05) is 24.0 Å². The number of hydrogen-bond acceptors (Lipinski definition) is 2. The Hall–Kier alpha value is -0.870. The highest BCUT2D eigenvalue weighted by Gasteiger charge is 2.16. The molecule has 0 aliphatic carbocycles. The SMILES string of the molecule is O=C(CCC1CCCO1)NCc1ccccc1Br. The summed E-state index contributed by atoms with van der Waals surface area (Å²) in [6, 6.07) is 7.92. The molecule has 0 saturated carbocycles. The van der Waals surface area contributed by atoms with Crippen LogP contribution in [0, 0.1) is 0 Å². The van der Waals surface area contributed by atoms with Crippen LogP contribution in [0.15, 0.2) is 28.7 Å². The molecule has 1 aliphatic rings. The first-order valence-electron chi connectivity index (χ1n) is 6.37. The zero-order chi connectivity index (χ0) is 12.8. The Morgan fingerprint density at radius 3 is 3.00 bits per heavy atom. The van der Waals surface area contributed by atoms with E-state index in [4.69, 9.17) is 4.74 Å². The Bertz CT molecular complexity index is 403. The van der Waals surface area contributed by atoms with E-state index in [1.54, 1.807) is 0 Å². The van der Waals surface area contributed by atoms with E-state index < -0.39 is 0 Å². The van der Waals surface area contributed by atoms with Crippen molar-refractivity contribution in [3.63, 3.8) is 0 Å². The fraction of sp³-hybridized carbons (Fsp3) is 0.500. The Balaban J connectivity index is 1.69. The van der Waals surface area contributed by atoms with Gasteiger partial charge in [-0.3, -0.25) is 4.79 Å². The molecule has 0 aromatic heterocycles. The summed E-state index contributed by atoms with van der Waals surface area (Å²) in [5.41, 5.74) is 1.10. The Morgan fingerprint density at radius 1 is 1.44 bits per heavy atom. The quantitative estimate of drug-likeness (QED) is 0.907. The van der Waals surface area contributed by atoms with E-state index >= 15 is 0 Å². The lowest BCUT2D eigenvalue weighted by molar-refractivity contribution is -0.121. The molecular weight excluding hydrogens is 294 g/mol. The molecule has 1 amide bonds. The molecule has 2 rings (SSSR count). The number of benzene rings is 1. The lowest BCUT2D eigenvalue weighted by Crippen LogP contribution is -2.24. The second-order valence-corrected chi connectivity index (χ2v) is 5.40. The Kier molecular flexibility index (Phi) is 5.20. The van der Waals surface area contributed by atoms with Gasteiger partial charge in [-0.15, -0.1) is 0 Å². The number of nitrogens with one attached hydrogen (secondary N) is 1. The molecule has 3 nitrogen and oxygen atoms in total. The second kappa shape index (κ2) is 6.90. The van der Waals surface area contributed by atoms with E-state index in [0.29, 0.717) is 19.1 Å². The largest absolute Gasteiger partial charge is 0.378 e. The average molecular weight is 312 g/mol. The number of carbonyl (C=O) groups excluding carboxylic acids is 1. The first-order chi connectivity index (χ1) is 8.75. The van der Waals surface area contributed by atoms with Gasteiger partial charge in [0.2, 0.25) is 5.91 Å². The topological polar surface area (TPSA) is 38.3 Å². The van der Waals surface area contributed by atoms with E-state index in [-0.39, 0.29) is 5.91 Å². The fourth-order valence-electron chi connectivity index (χ4n) is 2.09. The summed E-state index contributed by atoms with van der Waals surface area (Å²) in [5.74, 6) is 0.0984. The van der Waals surface area contributed by atoms with Gasteiger partial charge in [0.15, 0.2) is 0 Å². The van der Waals surface area contributed by atoms with Gasteiger partial charge in [0.1, 0.15) is 0 Å². The van der Waals surface area contributed by atoms with E-state index in [9.17, 15) is 4.79 Å². The van der Waals surface area contributed by atoms with Crippen molar-refractivity contribution in [1.82, 2.24) is 5.32 Å². The highest BCUT2D eigenvalue weighted by molar-refractivity contribution is 9.10. The number of ether oxygens (including phenoxy) is 1. The number of amides is 1. The molecule has 18 heavy (non-hydrogen) atoms. The summed E-state index contributed by atoms with van der Waals surface area (Å²) in [6.45, 7) is 1.43. The van der Waals surface area contributed by atoms with E-state index in [1.807, 2.05) is 24.3 Å². The van der Waals surface area contributed by atoms with Gasteiger partial charge < -0.3 is 10.1 Å². The van der Waals surface area contributed by atoms with Crippen LogP contribution in [0.2, 0.25) is 0 Å². The number of halogens is 1. The smallest absolute Gasteiger partial charge is 0.220 e. The zero-order valence-electron chi connectivity index (χ0n) is 10.3. The number of hydrogen-bond donors (Lipinski definition) is 1. The van der Waals surface area contributed by atoms with Gasteiger partial charge in [0.25, 0.3) is 0 Å². The molecule has 1 heterocycles. The maximum atomic E-state index is 11.7. The first-order valence-corrected chi connectivity index (χ1v) is 7.16. The highest BCUT2D eigenvalue weighted by Crippen LogP contribution is 2.17. The van der Waals surface area contributed by atoms with Crippen molar-refractivity contribution in [3.8, 4) is 0 Å². The Labute approximate surface area is 116 Å². The third kappa shape index (κ3) is 4.10. The average Bonchev–Trinajstić information content (AvgIpc) is 2.88. The lowest BCUT2D eigenvalue weighted by atomic mass is 10.1. The molecule has 1 saturated heterocycles. The molecule has 1 aromatic rings. The van der Waals surface area contributed by atoms with E-state index in [1.165, 1.54) is 0 Å². The van der Waals surface area contributed by atoms with Crippen molar-refractivity contribution in [2.45, 2.75) is 38.3 Å². The summed E-state index contributed by atoms with van der Waals surface area (Å²) in [6.07, 6.45) is 3.90. The van der Waals surface area contributed by atoms with Gasteiger partial charge >= 0.3 is 0 Å². The monoisotopic (exact) mass is 311 g/mol. The van der Waals surface area contributed by atoms with Crippen LogP contribution in [0.25, 0.3) is 0 Å². The summed E-state index contributed by atoms with van der Waals surface area (Å²) in [5, 5.41) is 2.94. The molecule has 98 valence electrons. The maximum Gasteiger partial charge on any atom is 0.220 e. The molecule has 1 aliphatic heterocycles. The van der Waals surface area contributed by atoms with Gasteiger partial charge in [0.05, 0.1) is 6.10 Å². The summed E-state index contributed by atoms with van der Waals surface area (Å²) in [7, 11) is 0. The highest BCUT2D eigenvalue weighted by atomic mass is 79.9. The van der Waals surface area contributed by atoms with Crippen LogP contribution in [0.1, 0.15) is 31.2 Å². The predicted octanol–water partition coefficient (Wildman–Crippen LogP) is 3.02. The van der Waals surface area contributed by atoms with Crippen molar-refractivity contribution in [2.75, 3.05) is 6.61 Å². The predicted molar refractivity (Wildman–Crippen MR) is 74.2 cm³/mol. The molecule has 1 aromatic carbocycles. The van der Waals surface area contributed by atoms with Gasteiger partial charge in [-0.25, -0.2) is 0 Å². The minimum Gasteiger partial charge on any atom is -0.378 e. The normalized spacial score (nSPS) is 18.8. The Morgan fingerprint density at radius 2 is 2.28 bits per heavy atom. The summed E-state index contributed by atoms with van der Waals surface area (Å²) >= 11 is 3.47. The molecule has 0 bridgehead atoms. The maximum absolute atomic E-state index is 11.7. The van der Waals surface area contributed by atoms with Crippen molar-refractivity contribution < 1.29 is 9.53 Å². The molecule has 0 spiro atoms. The third-order valence-electron chi connectivity index (χ3n) is 3.15. The van der Waals surface area contributed by atoms with Gasteiger partial charge in [-0.05, 0) is 30.9 Å². The first kappa shape index (κ1) is 13.6. The van der Waals surface area contributed by atoms with Crippen LogP contribution in [0.4, 0.5) is 0 Å². The van der Waals surface area contributed by atoms with Gasteiger partial charge in [-0.1, -0.05) is 34.1 Å². The van der Waals surface area contributed by atoms with Crippen molar-refractivity contribution in [2.24, 2.45) is 0 Å². The van der Waals surface area contributed by atoms with E-state index in [0.717, 1.165) is 35.9 Å². The van der Waals surface area contributed by atoms with Crippen LogP contribution >= 0.6 is 15.9 Å².